The van der Waals surface area contributed by atoms with E-state index in [1.165, 1.54) is 141 Å². The number of esters is 3. The lowest BCUT2D eigenvalue weighted by molar-refractivity contribution is -0.167. The van der Waals surface area contributed by atoms with Crippen molar-refractivity contribution in [1.29, 1.82) is 0 Å². The van der Waals surface area contributed by atoms with Gasteiger partial charge in [0.2, 0.25) is 0 Å². The number of ether oxygens (including phenoxy) is 3. The Balaban J connectivity index is 4.41. The van der Waals surface area contributed by atoms with Crippen molar-refractivity contribution in [3.8, 4) is 0 Å². The molecule has 0 aromatic rings. The van der Waals surface area contributed by atoms with Gasteiger partial charge in [0.15, 0.2) is 6.10 Å². The molecule has 0 rings (SSSR count). The highest BCUT2D eigenvalue weighted by molar-refractivity contribution is 5.71. The Morgan fingerprint density at radius 3 is 0.875 bits per heavy atom. The Morgan fingerprint density at radius 2 is 0.562 bits per heavy atom. The monoisotopic (exact) mass is 897 g/mol. The van der Waals surface area contributed by atoms with Crippen molar-refractivity contribution >= 4 is 17.9 Å². The lowest BCUT2D eigenvalue weighted by Crippen LogP contribution is -2.30. The zero-order valence-electron chi connectivity index (χ0n) is 42.6. The summed E-state index contributed by atoms with van der Waals surface area (Å²) >= 11 is 0. The van der Waals surface area contributed by atoms with E-state index in [2.05, 4.69) is 69.4 Å². The average molecular weight is 897 g/mol. The number of hydrogen-bond acceptors (Lipinski definition) is 6. The first-order valence-corrected chi connectivity index (χ1v) is 27.6. The zero-order chi connectivity index (χ0) is 46.5. The van der Waals surface area contributed by atoms with Crippen LogP contribution in [0.4, 0.5) is 0 Å². The second-order valence-electron chi connectivity index (χ2n) is 18.5. The summed E-state index contributed by atoms with van der Waals surface area (Å²) in [5.41, 5.74) is 0. The highest BCUT2D eigenvalue weighted by Crippen LogP contribution is 2.15. The van der Waals surface area contributed by atoms with Gasteiger partial charge in [0.1, 0.15) is 13.2 Å². The van der Waals surface area contributed by atoms with Crippen molar-refractivity contribution in [1.82, 2.24) is 0 Å². The minimum atomic E-state index is -0.784. The van der Waals surface area contributed by atoms with Gasteiger partial charge in [0.25, 0.3) is 0 Å². The van der Waals surface area contributed by atoms with E-state index in [0.29, 0.717) is 19.3 Å². The number of carbonyl (C=O) groups excluding carboxylic acids is 3. The molecule has 64 heavy (non-hydrogen) atoms. The van der Waals surface area contributed by atoms with Gasteiger partial charge in [-0.05, 0) is 83.5 Å². The topological polar surface area (TPSA) is 78.9 Å². The molecule has 0 aliphatic rings. The van der Waals surface area contributed by atoms with E-state index >= 15 is 0 Å². The summed E-state index contributed by atoms with van der Waals surface area (Å²) in [7, 11) is 0. The number of carbonyl (C=O) groups is 3. The lowest BCUT2D eigenvalue weighted by atomic mass is 10.0. The SMILES string of the molecule is CCCCCC/C=C\C/C=C\CCCCCCCC(=O)OCC(COC(=O)CCCCCCCCCCCCCCCC)OC(=O)CCCCCCC/C=C\C/C=C\CCCCCC. The summed E-state index contributed by atoms with van der Waals surface area (Å²) < 4.78 is 16.8. The first kappa shape index (κ1) is 61.4. The Morgan fingerprint density at radius 1 is 0.312 bits per heavy atom. The van der Waals surface area contributed by atoms with Crippen LogP contribution < -0.4 is 0 Å². The van der Waals surface area contributed by atoms with Crippen LogP contribution in [0.2, 0.25) is 0 Å². The second-order valence-corrected chi connectivity index (χ2v) is 18.5. The molecule has 0 N–H and O–H groups in total. The van der Waals surface area contributed by atoms with Crippen LogP contribution in [0.25, 0.3) is 0 Å². The van der Waals surface area contributed by atoms with E-state index in [9.17, 15) is 14.4 Å². The van der Waals surface area contributed by atoms with Crippen molar-refractivity contribution < 1.29 is 28.6 Å². The molecular formula is C58H104O6. The molecule has 1 unspecified atom stereocenters. The largest absolute Gasteiger partial charge is 0.462 e. The third kappa shape index (κ3) is 50.4. The van der Waals surface area contributed by atoms with Crippen LogP contribution >= 0.6 is 0 Å². The Bertz CT molecular complexity index is 1120. The molecule has 0 radical (unpaired) electrons. The van der Waals surface area contributed by atoms with Crippen LogP contribution in [0.3, 0.4) is 0 Å². The molecule has 0 spiro atoms. The van der Waals surface area contributed by atoms with Crippen molar-refractivity contribution in [3.05, 3.63) is 48.6 Å². The van der Waals surface area contributed by atoms with Gasteiger partial charge in [-0.2, -0.15) is 0 Å². The summed E-state index contributed by atoms with van der Waals surface area (Å²) in [6.07, 6.45) is 63.7. The third-order valence-electron chi connectivity index (χ3n) is 12.1. The van der Waals surface area contributed by atoms with Gasteiger partial charge in [-0.15, -0.1) is 0 Å². The van der Waals surface area contributed by atoms with Gasteiger partial charge in [-0.1, -0.05) is 230 Å². The van der Waals surface area contributed by atoms with Crippen LogP contribution in [0.1, 0.15) is 284 Å². The Labute approximate surface area is 397 Å². The maximum Gasteiger partial charge on any atom is 0.306 e. The van der Waals surface area contributed by atoms with E-state index < -0.39 is 6.10 Å². The van der Waals surface area contributed by atoms with Crippen LogP contribution in [0.5, 0.6) is 0 Å². The summed E-state index contributed by atoms with van der Waals surface area (Å²) in [6, 6.07) is 0. The van der Waals surface area contributed by atoms with Crippen molar-refractivity contribution in [2.75, 3.05) is 13.2 Å². The van der Waals surface area contributed by atoms with Crippen molar-refractivity contribution in [3.63, 3.8) is 0 Å². The van der Waals surface area contributed by atoms with E-state index in [1.807, 2.05) is 0 Å². The number of hydrogen-bond donors (Lipinski definition) is 0. The molecule has 0 aliphatic carbocycles. The molecule has 0 saturated heterocycles. The minimum Gasteiger partial charge on any atom is -0.462 e. The molecule has 0 saturated carbocycles. The summed E-state index contributed by atoms with van der Waals surface area (Å²) in [4.78, 5) is 38.1. The Hall–Kier alpha value is -2.63. The minimum absolute atomic E-state index is 0.0808. The first-order chi connectivity index (χ1) is 31.5. The van der Waals surface area contributed by atoms with Crippen LogP contribution in [0.15, 0.2) is 48.6 Å². The maximum atomic E-state index is 12.8. The smallest absolute Gasteiger partial charge is 0.306 e. The highest BCUT2D eigenvalue weighted by atomic mass is 16.6. The van der Waals surface area contributed by atoms with Gasteiger partial charge in [-0.3, -0.25) is 14.4 Å². The van der Waals surface area contributed by atoms with Gasteiger partial charge < -0.3 is 14.2 Å². The maximum absolute atomic E-state index is 12.8. The third-order valence-corrected chi connectivity index (χ3v) is 12.1. The molecule has 0 bridgehead atoms. The van der Waals surface area contributed by atoms with Gasteiger partial charge in [-0.25, -0.2) is 0 Å². The van der Waals surface area contributed by atoms with E-state index in [-0.39, 0.29) is 31.1 Å². The molecule has 0 aromatic heterocycles. The fraction of sp³-hybridized carbons (Fsp3) is 0.810. The predicted molar refractivity (Wildman–Crippen MR) is 275 cm³/mol. The molecule has 372 valence electrons. The van der Waals surface area contributed by atoms with E-state index in [1.54, 1.807) is 0 Å². The standard InChI is InChI=1S/C58H104O6/c1-4-7-10-13-16-19-22-25-28-30-33-36-39-42-45-48-51-57(60)63-54-55(53-62-56(59)50-47-44-41-38-35-32-27-24-21-18-15-12-9-6-3)64-58(61)52-49-46-43-40-37-34-31-29-26-23-20-17-14-11-8-5-2/h19-20,22-23,28-31,55H,4-18,21,24-27,32-54H2,1-3H3/b22-19-,23-20-,30-28-,31-29-. The van der Waals surface area contributed by atoms with Gasteiger partial charge >= 0.3 is 17.9 Å². The van der Waals surface area contributed by atoms with Gasteiger partial charge in [0.05, 0.1) is 0 Å². The fourth-order valence-corrected chi connectivity index (χ4v) is 7.86. The van der Waals surface area contributed by atoms with Gasteiger partial charge in [0, 0.05) is 19.3 Å². The molecule has 0 amide bonds. The molecule has 0 aromatic carbocycles. The average Bonchev–Trinajstić information content (AvgIpc) is 3.29. The van der Waals surface area contributed by atoms with Crippen molar-refractivity contribution in [2.45, 2.75) is 290 Å². The Kier molecular flexibility index (Phi) is 50.8. The molecule has 0 fully saturated rings. The highest BCUT2D eigenvalue weighted by Gasteiger charge is 2.19. The summed E-state index contributed by atoms with van der Waals surface area (Å²) in [6.45, 7) is 6.60. The van der Waals surface area contributed by atoms with Crippen LogP contribution in [-0.2, 0) is 28.6 Å². The van der Waals surface area contributed by atoms with E-state index in [4.69, 9.17) is 14.2 Å². The molecule has 0 aliphatic heterocycles. The quantitative estimate of drug-likeness (QED) is 0.0262. The predicted octanol–water partition coefficient (Wildman–Crippen LogP) is 18.3. The number of rotatable bonds is 50. The summed E-state index contributed by atoms with van der Waals surface area (Å²) in [5, 5.41) is 0. The molecular weight excluding hydrogens is 793 g/mol. The number of allylic oxidation sites excluding steroid dienone is 8. The lowest BCUT2D eigenvalue weighted by Gasteiger charge is -2.18. The van der Waals surface area contributed by atoms with Crippen LogP contribution in [-0.4, -0.2) is 37.2 Å². The zero-order valence-corrected chi connectivity index (χ0v) is 42.6. The molecule has 6 nitrogen and oxygen atoms in total. The number of unbranched alkanes of at least 4 members (excludes halogenated alkanes) is 31. The molecule has 6 heteroatoms. The summed E-state index contributed by atoms with van der Waals surface area (Å²) in [5.74, 6) is -0.897. The van der Waals surface area contributed by atoms with Crippen molar-refractivity contribution in [2.24, 2.45) is 0 Å². The molecule has 0 heterocycles. The molecule has 1 atom stereocenters. The van der Waals surface area contributed by atoms with E-state index in [0.717, 1.165) is 103 Å². The second kappa shape index (κ2) is 53.0. The first-order valence-electron chi connectivity index (χ1n) is 27.6. The fourth-order valence-electron chi connectivity index (χ4n) is 7.86. The van der Waals surface area contributed by atoms with Crippen LogP contribution in [0, 0.1) is 0 Å². The normalized spacial score (nSPS) is 12.4.